The van der Waals surface area contributed by atoms with Gasteiger partial charge in [0.05, 0.1) is 0 Å². The Hall–Kier alpha value is -0.560. The molecule has 0 fully saturated rings. The van der Waals surface area contributed by atoms with Gasteiger partial charge in [-0.1, -0.05) is 31.7 Å². The monoisotopic (exact) mass is 139 g/mol. The maximum absolute atomic E-state index is 5.36. The topological polar surface area (TPSA) is 26.0 Å². The molecule has 1 nitrogen and oxygen atoms in total. The summed E-state index contributed by atoms with van der Waals surface area (Å²) in [5, 5.41) is 0. The lowest BCUT2D eigenvalue weighted by Crippen LogP contribution is -2.00. The number of nitrogens with two attached hydrogens (primary N) is 1. The van der Waals surface area contributed by atoms with Crippen molar-refractivity contribution in [1.29, 1.82) is 0 Å². The minimum atomic E-state index is 0.640. The molecule has 0 aliphatic carbocycles. The Morgan fingerprint density at radius 1 is 1.60 bits per heavy atom. The van der Waals surface area contributed by atoms with Crippen LogP contribution >= 0.6 is 0 Å². The molecule has 10 heavy (non-hydrogen) atoms. The maximum Gasteiger partial charge on any atom is -0.00771 e. The summed E-state index contributed by atoms with van der Waals surface area (Å²) in [6.07, 6.45) is 8.24. The van der Waals surface area contributed by atoms with Crippen LogP contribution in [0.2, 0.25) is 0 Å². The van der Waals surface area contributed by atoms with Crippen LogP contribution in [-0.4, -0.2) is 6.54 Å². The molecule has 0 radical (unpaired) electrons. The fourth-order valence-electron chi connectivity index (χ4n) is 0.804. The Kier molecular flexibility index (Phi) is 6.19. The minimum absolute atomic E-state index is 0.640. The number of rotatable bonds is 5. The van der Waals surface area contributed by atoms with E-state index in [4.69, 9.17) is 5.73 Å². The summed E-state index contributed by atoms with van der Waals surface area (Å²) in [6.45, 7) is 6.59. The normalized spacial score (nSPS) is 13.8. The standard InChI is InChI=1S/C9H17N/c1-3-4-6-9(2)7-5-8-10/h3-4,6,9H,1,5,7-8,10H2,2H3. The van der Waals surface area contributed by atoms with Crippen molar-refractivity contribution in [3.8, 4) is 0 Å². The highest BCUT2D eigenvalue weighted by atomic mass is 14.5. The lowest BCUT2D eigenvalue weighted by molar-refractivity contribution is 0.613. The van der Waals surface area contributed by atoms with Crippen LogP contribution in [0.5, 0.6) is 0 Å². The molecular weight excluding hydrogens is 122 g/mol. The van der Waals surface area contributed by atoms with Crippen LogP contribution in [0.3, 0.4) is 0 Å². The summed E-state index contributed by atoms with van der Waals surface area (Å²) >= 11 is 0. The van der Waals surface area contributed by atoms with Gasteiger partial charge in [-0.15, -0.1) is 0 Å². The van der Waals surface area contributed by atoms with Gasteiger partial charge in [-0.05, 0) is 25.3 Å². The Labute approximate surface area is 63.6 Å². The third-order valence-electron chi connectivity index (χ3n) is 1.44. The summed E-state index contributed by atoms with van der Waals surface area (Å²) < 4.78 is 0. The van der Waals surface area contributed by atoms with Gasteiger partial charge in [0.15, 0.2) is 0 Å². The fourth-order valence-corrected chi connectivity index (χ4v) is 0.804. The van der Waals surface area contributed by atoms with Crippen molar-refractivity contribution in [3.63, 3.8) is 0 Å². The van der Waals surface area contributed by atoms with Crippen LogP contribution in [0.25, 0.3) is 0 Å². The molecule has 1 atom stereocenters. The van der Waals surface area contributed by atoms with E-state index in [9.17, 15) is 0 Å². The third-order valence-corrected chi connectivity index (χ3v) is 1.44. The lowest BCUT2D eigenvalue weighted by Gasteiger charge is -2.02. The predicted octanol–water partition coefficient (Wildman–Crippen LogP) is 2.10. The zero-order valence-corrected chi connectivity index (χ0v) is 6.72. The molecule has 2 N–H and O–H groups in total. The first-order valence-electron chi connectivity index (χ1n) is 3.80. The SMILES string of the molecule is C=CC=CC(C)CCCN. The first-order valence-corrected chi connectivity index (χ1v) is 3.80. The van der Waals surface area contributed by atoms with Crippen molar-refractivity contribution in [1.82, 2.24) is 0 Å². The summed E-state index contributed by atoms with van der Waals surface area (Å²) in [5.74, 6) is 0.640. The molecule has 0 aromatic rings. The van der Waals surface area contributed by atoms with E-state index in [0.717, 1.165) is 13.0 Å². The fraction of sp³-hybridized carbons (Fsp3) is 0.556. The molecule has 0 aromatic heterocycles. The van der Waals surface area contributed by atoms with E-state index < -0.39 is 0 Å². The molecule has 0 aromatic carbocycles. The Balaban J connectivity index is 3.32. The van der Waals surface area contributed by atoms with E-state index in [-0.39, 0.29) is 0 Å². The lowest BCUT2D eigenvalue weighted by atomic mass is 10.1. The number of hydrogen-bond donors (Lipinski definition) is 1. The summed E-state index contributed by atoms with van der Waals surface area (Å²) in [5.41, 5.74) is 5.36. The van der Waals surface area contributed by atoms with Crippen LogP contribution in [0.15, 0.2) is 24.8 Å². The first-order chi connectivity index (χ1) is 4.81. The molecule has 0 amide bonds. The van der Waals surface area contributed by atoms with E-state index in [1.807, 2.05) is 6.08 Å². The maximum atomic E-state index is 5.36. The van der Waals surface area contributed by atoms with Gasteiger partial charge in [-0.25, -0.2) is 0 Å². The molecule has 0 aliphatic rings. The molecule has 0 aliphatic heterocycles. The summed E-state index contributed by atoms with van der Waals surface area (Å²) in [4.78, 5) is 0. The van der Waals surface area contributed by atoms with Gasteiger partial charge in [0.1, 0.15) is 0 Å². The van der Waals surface area contributed by atoms with Crippen molar-refractivity contribution >= 4 is 0 Å². The van der Waals surface area contributed by atoms with E-state index in [1.54, 1.807) is 6.08 Å². The van der Waals surface area contributed by atoms with Crippen LogP contribution in [0.4, 0.5) is 0 Å². The third kappa shape index (κ3) is 5.57. The van der Waals surface area contributed by atoms with Gasteiger partial charge in [-0.3, -0.25) is 0 Å². The van der Waals surface area contributed by atoms with E-state index in [0.29, 0.717) is 5.92 Å². The van der Waals surface area contributed by atoms with E-state index >= 15 is 0 Å². The molecule has 58 valence electrons. The predicted molar refractivity (Wildman–Crippen MR) is 46.8 cm³/mol. The van der Waals surface area contributed by atoms with Gasteiger partial charge in [-0.2, -0.15) is 0 Å². The first kappa shape index (κ1) is 9.44. The van der Waals surface area contributed by atoms with Crippen LogP contribution < -0.4 is 5.73 Å². The number of hydrogen-bond acceptors (Lipinski definition) is 1. The van der Waals surface area contributed by atoms with Crippen molar-refractivity contribution in [3.05, 3.63) is 24.8 Å². The molecule has 0 heterocycles. The average molecular weight is 139 g/mol. The smallest absolute Gasteiger partial charge is 0.00771 e. The second-order valence-electron chi connectivity index (χ2n) is 2.53. The van der Waals surface area contributed by atoms with Crippen molar-refractivity contribution in [2.45, 2.75) is 19.8 Å². The number of allylic oxidation sites excluding steroid dienone is 3. The van der Waals surface area contributed by atoms with Gasteiger partial charge >= 0.3 is 0 Å². The van der Waals surface area contributed by atoms with Crippen LogP contribution in [0, 0.1) is 5.92 Å². The van der Waals surface area contributed by atoms with Gasteiger partial charge in [0.2, 0.25) is 0 Å². The molecule has 0 saturated carbocycles. The molecule has 0 spiro atoms. The van der Waals surface area contributed by atoms with Gasteiger partial charge in [0, 0.05) is 0 Å². The highest BCUT2D eigenvalue weighted by molar-refractivity contribution is 4.99. The summed E-state index contributed by atoms with van der Waals surface area (Å²) in [6, 6.07) is 0. The quantitative estimate of drug-likeness (QED) is 0.580. The molecule has 0 bridgehead atoms. The summed E-state index contributed by atoms with van der Waals surface area (Å²) in [7, 11) is 0. The zero-order chi connectivity index (χ0) is 7.82. The largest absolute Gasteiger partial charge is 0.330 e. The Morgan fingerprint density at radius 2 is 2.30 bits per heavy atom. The van der Waals surface area contributed by atoms with Crippen molar-refractivity contribution < 1.29 is 0 Å². The highest BCUT2D eigenvalue weighted by Crippen LogP contribution is 2.05. The molecule has 0 saturated heterocycles. The second kappa shape index (κ2) is 6.56. The highest BCUT2D eigenvalue weighted by Gasteiger charge is 1.93. The minimum Gasteiger partial charge on any atom is -0.330 e. The molecule has 0 rings (SSSR count). The second-order valence-corrected chi connectivity index (χ2v) is 2.53. The molecule has 1 unspecified atom stereocenters. The Bertz CT molecular complexity index is 105. The molecule has 1 heteroatoms. The zero-order valence-electron chi connectivity index (χ0n) is 6.72. The molecular formula is C9H17N. The van der Waals surface area contributed by atoms with Crippen LogP contribution in [-0.2, 0) is 0 Å². The van der Waals surface area contributed by atoms with Crippen LogP contribution in [0.1, 0.15) is 19.8 Å². The van der Waals surface area contributed by atoms with Crippen molar-refractivity contribution in [2.24, 2.45) is 11.7 Å². The van der Waals surface area contributed by atoms with E-state index in [1.165, 1.54) is 6.42 Å². The Morgan fingerprint density at radius 3 is 2.80 bits per heavy atom. The average Bonchev–Trinajstić information content (AvgIpc) is 1.97. The van der Waals surface area contributed by atoms with Gasteiger partial charge < -0.3 is 5.73 Å². The van der Waals surface area contributed by atoms with Crippen molar-refractivity contribution in [2.75, 3.05) is 6.54 Å². The van der Waals surface area contributed by atoms with Gasteiger partial charge in [0.25, 0.3) is 0 Å². The van der Waals surface area contributed by atoms with E-state index in [2.05, 4.69) is 19.6 Å².